The van der Waals surface area contributed by atoms with E-state index in [-0.39, 0.29) is 17.4 Å². The summed E-state index contributed by atoms with van der Waals surface area (Å²) in [5, 5.41) is 3.21. The van der Waals surface area contributed by atoms with Gasteiger partial charge in [-0.05, 0) is 37.3 Å². The van der Waals surface area contributed by atoms with Crippen LogP contribution in [0.5, 0.6) is 5.75 Å². The quantitative estimate of drug-likeness (QED) is 0.853. The number of piperazine rings is 1. The molecule has 2 aliphatic rings. The first-order chi connectivity index (χ1) is 12.1. The number of amides is 1. The third-order valence-corrected chi connectivity index (χ3v) is 4.72. The second kappa shape index (κ2) is 7.99. The molecule has 0 radical (unpaired) electrons. The first-order valence-corrected chi connectivity index (χ1v) is 8.84. The molecule has 1 aliphatic heterocycles. The van der Waals surface area contributed by atoms with Gasteiger partial charge in [0, 0.05) is 25.7 Å². The van der Waals surface area contributed by atoms with Gasteiger partial charge in [-0.3, -0.25) is 0 Å². The topological polar surface area (TPSA) is 50.8 Å². The van der Waals surface area contributed by atoms with Gasteiger partial charge in [0.25, 0.3) is 0 Å². The van der Waals surface area contributed by atoms with E-state index in [9.17, 15) is 13.6 Å². The van der Waals surface area contributed by atoms with Gasteiger partial charge in [0.15, 0.2) is 11.6 Å². The largest absolute Gasteiger partial charge is 0.490 e. The van der Waals surface area contributed by atoms with Crippen molar-refractivity contribution in [1.29, 1.82) is 0 Å². The fourth-order valence-corrected chi connectivity index (χ4v) is 2.89. The summed E-state index contributed by atoms with van der Waals surface area (Å²) in [6, 6.07) is 2.46. The molecule has 138 valence electrons. The summed E-state index contributed by atoms with van der Waals surface area (Å²) in [5.41, 5.74) is -0.273. The van der Waals surface area contributed by atoms with Crippen LogP contribution in [0.1, 0.15) is 31.7 Å². The lowest BCUT2D eigenvalue weighted by molar-refractivity contribution is 0.0697. The zero-order valence-electron chi connectivity index (χ0n) is 14.4. The Bertz CT molecular complexity index is 623. The van der Waals surface area contributed by atoms with Crippen molar-refractivity contribution in [2.75, 3.05) is 26.2 Å². The number of nitrogens with one attached hydrogen (secondary N) is 1. The number of benzene rings is 1. The van der Waals surface area contributed by atoms with Gasteiger partial charge in [0.1, 0.15) is 12.4 Å². The Hall–Kier alpha value is -1.89. The summed E-state index contributed by atoms with van der Waals surface area (Å²) in [4.78, 5) is 13.9. The summed E-state index contributed by atoms with van der Waals surface area (Å²) < 4.78 is 39.0. The van der Waals surface area contributed by atoms with Crippen molar-refractivity contribution in [3.63, 3.8) is 0 Å². The average Bonchev–Trinajstić information content (AvgIpc) is 3.45. The van der Waals surface area contributed by atoms with Crippen LogP contribution in [0, 0.1) is 17.6 Å². The van der Waals surface area contributed by atoms with E-state index in [0.29, 0.717) is 32.2 Å². The van der Waals surface area contributed by atoms with Crippen molar-refractivity contribution in [2.45, 2.75) is 38.8 Å². The third-order valence-electron chi connectivity index (χ3n) is 4.72. The average molecular weight is 354 g/mol. The molecule has 7 heteroatoms. The fraction of sp³-hybridized carbons (Fsp3) is 0.611. The SMILES string of the molecule is CCC1CNCCN1C(=O)OCc1c(F)ccc(OCC2CC2)c1F. The molecule has 25 heavy (non-hydrogen) atoms. The van der Waals surface area contributed by atoms with Crippen molar-refractivity contribution in [3.8, 4) is 5.75 Å². The lowest BCUT2D eigenvalue weighted by Gasteiger charge is -2.34. The van der Waals surface area contributed by atoms with Gasteiger partial charge < -0.3 is 19.7 Å². The van der Waals surface area contributed by atoms with Crippen molar-refractivity contribution < 1.29 is 23.0 Å². The highest BCUT2D eigenvalue weighted by atomic mass is 19.1. The molecule has 0 spiro atoms. The van der Waals surface area contributed by atoms with Crippen LogP contribution < -0.4 is 10.1 Å². The van der Waals surface area contributed by atoms with Crippen molar-refractivity contribution in [2.24, 2.45) is 5.92 Å². The van der Waals surface area contributed by atoms with Crippen LogP contribution in [-0.2, 0) is 11.3 Å². The van der Waals surface area contributed by atoms with Crippen molar-refractivity contribution >= 4 is 6.09 Å². The summed E-state index contributed by atoms with van der Waals surface area (Å²) in [6.45, 7) is 3.86. The monoisotopic (exact) mass is 354 g/mol. The maximum absolute atomic E-state index is 14.5. The number of rotatable bonds is 6. The van der Waals surface area contributed by atoms with Crippen LogP contribution in [0.2, 0.25) is 0 Å². The van der Waals surface area contributed by atoms with E-state index in [1.54, 1.807) is 4.90 Å². The predicted molar refractivity (Wildman–Crippen MR) is 88.4 cm³/mol. The first-order valence-electron chi connectivity index (χ1n) is 8.84. The Labute approximate surface area is 146 Å². The smallest absolute Gasteiger partial charge is 0.410 e. The molecule has 1 amide bonds. The molecular formula is C18H24F2N2O3. The molecule has 5 nitrogen and oxygen atoms in total. The van der Waals surface area contributed by atoms with E-state index >= 15 is 0 Å². The molecule has 1 atom stereocenters. The lowest BCUT2D eigenvalue weighted by atomic mass is 10.1. The minimum Gasteiger partial charge on any atom is -0.490 e. The molecule has 1 aliphatic carbocycles. The molecule has 1 saturated heterocycles. The number of ether oxygens (including phenoxy) is 2. The summed E-state index contributed by atoms with van der Waals surface area (Å²) in [6.07, 6.45) is 2.40. The Morgan fingerprint density at radius 2 is 2.16 bits per heavy atom. The van der Waals surface area contributed by atoms with Gasteiger partial charge in [-0.2, -0.15) is 0 Å². The van der Waals surface area contributed by atoms with Gasteiger partial charge in [-0.15, -0.1) is 0 Å². The first kappa shape index (κ1) is 17.9. The summed E-state index contributed by atoms with van der Waals surface area (Å²) in [7, 11) is 0. The Morgan fingerprint density at radius 3 is 2.88 bits per heavy atom. The van der Waals surface area contributed by atoms with Crippen molar-refractivity contribution in [3.05, 3.63) is 29.3 Å². The van der Waals surface area contributed by atoms with Crippen LogP contribution >= 0.6 is 0 Å². The summed E-state index contributed by atoms with van der Waals surface area (Å²) in [5.74, 6) is -1.06. The number of hydrogen-bond donors (Lipinski definition) is 1. The van der Waals surface area contributed by atoms with Gasteiger partial charge in [0.05, 0.1) is 12.2 Å². The molecule has 1 saturated carbocycles. The number of carbonyl (C=O) groups excluding carboxylic acids is 1. The number of carbonyl (C=O) groups is 1. The summed E-state index contributed by atoms with van der Waals surface area (Å²) >= 11 is 0. The van der Waals surface area contributed by atoms with Crippen LogP contribution in [0.25, 0.3) is 0 Å². The highest BCUT2D eigenvalue weighted by Crippen LogP contribution is 2.31. The molecule has 1 heterocycles. The third kappa shape index (κ3) is 4.39. The standard InChI is InChI=1S/C18H24F2N2O3/c1-2-13-9-21-7-8-22(13)18(23)25-11-14-15(19)5-6-16(17(14)20)24-10-12-3-4-12/h5-6,12-13,21H,2-4,7-11H2,1H3. The number of hydrogen-bond acceptors (Lipinski definition) is 4. The molecule has 1 aromatic carbocycles. The molecule has 1 N–H and O–H groups in total. The maximum Gasteiger partial charge on any atom is 0.410 e. The highest BCUT2D eigenvalue weighted by Gasteiger charge is 2.27. The number of nitrogens with zero attached hydrogens (tertiary/aromatic N) is 1. The second-order valence-corrected chi connectivity index (χ2v) is 6.61. The van der Waals surface area contributed by atoms with Crippen LogP contribution in [-0.4, -0.2) is 43.3 Å². The molecule has 2 fully saturated rings. The van der Waals surface area contributed by atoms with Gasteiger partial charge in [0.2, 0.25) is 0 Å². The molecule has 1 unspecified atom stereocenters. The maximum atomic E-state index is 14.5. The normalized spacial score (nSPS) is 20.4. The van der Waals surface area contributed by atoms with Gasteiger partial charge in [-0.25, -0.2) is 13.6 Å². The van der Waals surface area contributed by atoms with E-state index in [1.807, 2.05) is 6.92 Å². The van der Waals surface area contributed by atoms with Crippen LogP contribution in [0.3, 0.4) is 0 Å². The van der Waals surface area contributed by atoms with Gasteiger partial charge in [-0.1, -0.05) is 6.92 Å². The highest BCUT2D eigenvalue weighted by molar-refractivity contribution is 5.68. The Kier molecular flexibility index (Phi) is 5.73. The van der Waals surface area contributed by atoms with Gasteiger partial charge >= 0.3 is 6.09 Å². The molecule has 0 bridgehead atoms. The van der Waals surface area contributed by atoms with Crippen LogP contribution in [0.4, 0.5) is 13.6 Å². The Balaban J connectivity index is 1.63. The minimum absolute atomic E-state index is 0.00737. The molecule has 1 aromatic rings. The molecule has 3 rings (SSSR count). The van der Waals surface area contributed by atoms with E-state index in [0.717, 1.165) is 25.3 Å². The molecular weight excluding hydrogens is 330 g/mol. The number of halogens is 2. The zero-order chi connectivity index (χ0) is 17.8. The van der Waals surface area contributed by atoms with E-state index in [2.05, 4.69) is 5.32 Å². The zero-order valence-corrected chi connectivity index (χ0v) is 14.4. The lowest BCUT2D eigenvalue weighted by Crippen LogP contribution is -2.53. The minimum atomic E-state index is -0.791. The predicted octanol–water partition coefficient (Wildman–Crippen LogP) is 3.07. The van der Waals surface area contributed by atoms with Crippen LogP contribution in [0.15, 0.2) is 12.1 Å². The van der Waals surface area contributed by atoms with E-state index < -0.39 is 24.3 Å². The second-order valence-electron chi connectivity index (χ2n) is 6.61. The Morgan fingerprint density at radius 1 is 1.36 bits per heavy atom. The van der Waals surface area contributed by atoms with E-state index in [4.69, 9.17) is 9.47 Å². The molecule has 0 aromatic heterocycles. The fourth-order valence-electron chi connectivity index (χ4n) is 2.89. The van der Waals surface area contributed by atoms with E-state index in [1.165, 1.54) is 6.07 Å². The van der Waals surface area contributed by atoms with Crippen molar-refractivity contribution in [1.82, 2.24) is 10.2 Å².